The molecule has 0 aliphatic rings. The van der Waals surface area contributed by atoms with Crippen molar-refractivity contribution in [2.45, 2.75) is 20.0 Å². The first-order valence-electron chi connectivity index (χ1n) is 5.63. The molecule has 0 bridgehead atoms. The Balaban J connectivity index is 2.23. The molecule has 2 aromatic rings. The van der Waals surface area contributed by atoms with E-state index in [-0.39, 0.29) is 6.61 Å². The van der Waals surface area contributed by atoms with Crippen LogP contribution in [-0.4, -0.2) is 15.3 Å². The fourth-order valence-electron chi connectivity index (χ4n) is 1.68. The quantitative estimate of drug-likeness (QED) is 0.861. The maximum Gasteiger partial charge on any atom is 0.218 e. The van der Waals surface area contributed by atoms with E-state index in [0.717, 1.165) is 12.0 Å². The number of aromatic amines is 1. The lowest BCUT2D eigenvalue weighted by atomic mass is 10.2. The third-order valence-corrected chi connectivity index (χ3v) is 2.62. The second-order valence-corrected chi connectivity index (χ2v) is 3.73. The molecule has 0 amide bonds. The van der Waals surface area contributed by atoms with E-state index in [0.29, 0.717) is 22.9 Å². The van der Waals surface area contributed by atoms with Crippen molar-refractivity contribution < 1.29 is 9.84 Å². The van der Waals surface area contributed by atoms with Crippen molar-refractivity contribution >= 4 is 0 Å². The summed E-state index contributed by atoms with van der Waals surface area (Å²) in [7, 11) is 0. The first-order valence-corrected chi connectivity index (χ1v) is 5.63. The van der Waals surface area contributed by atoms with Gasteiger partial charge in [-0.3, -0.25) is 0 Å². The summed E-state index contributed by atoms with van der Waals surface area (Å²) >= 11 is 0. The Morgan fingerprint density at radius 3 is 2.67 bits per heavy atom. The van der Waals surface area contributed by atoms with Crippen molar-refractivity contribution in [2.75, 3.05) is 0 Å². The minimum atomic E-state index is -0.115. The predicted octanol–water partition coefficient (Wildman–Crippen LogP) is 2.13. The van der Waals surface area contributed by atoms with Gasteiger partial charge < -0.3 is 9.84 Å². The van der Waals surface area contributed by atoms with Gasteiger partial charge in [-0.2, -0.15) is 10.4 Å². The van der Waals surface area contributed by atoms with E-state index in [2.05, 4.69) is 10.2 Å². The Kier molecular flexibility index (Phi) is 3.60. The molecule has 2 N–H and O–H groups in total. The van der Waals surface area contributed by atoms with Gasteiger partial charge in [-0.1, -0.05) is 6.92 Å². The summed E-state index contributed by atoms with van der Waals surface area (Å²) in [5.41, 5.74) is 2.04. The monoisotopic (exact) mass is 243 g/mol. The molecule has 0 spiro atoms. The van der Waals surface area contributed by atoms with Gasteiger partial charge in [0.2, 0.25) is 5.88 Å². The Morgan fingerprint density at radius 1 is 1.39 bits per heavy atom. The molecular formula is C13H13N3O2. The molecule has 18 heavy (non-hydrogen) atoms. The summed E-state index contributed by atoms with van der Waals surface area (Å²) < 4.78 is 5.64. The lowest BCUT2D eigenvalue weighted by Crippen LogP contribution is -1.92. The third-order valence-electron chi connectivity index (χ3n) is 2.62. The minimum absolute atomic E-state index is 0.115. The number of hydrogen-bond acceptors (Lipinski definition) is 4. The van der Waals surface area contributed by atoms with Gasteiger partial charge in [0, 0.05) is 5.56 Å². The van der Waals surface area contributed by atoms with Crippen molar-refractivity contribution in [1.82, 2.24) is 10.2 Å². The lowest BCUT2D eigenvalue weighted by molar-refractivity contribution is 0.275. The third kappa shape index (κ3) is 2.34. The van der Waals surface area contributed by atoms with Crippen LogP contribution in [-0.2, 0) is 13.0 Å². The number of benzene rings is 1. The van der Waals surface area contributed by atoms with Crippen LogP contribution in [0.15, 0.2) is 24.3 Å². The predicted molar refractivity (Wildman–Crippen MR) is 65.1 cm³/mol. The molecule has 5 nitrogen and oxygen atoms in total. The summed E-state index contributed by atoms with van der Waals surface area (Å²) in [5.74, 6) is 1.16. The molecule has 2 rings (SSSR count). The zero-order valence-electron chi connectivity index (χ0n) is 9.97. The van der Waals surface area contributed by atoms with Crippen LogP contribution in [0.2, 0.25) is 0 Å². The Labute approximate surface area is 105 Å². The molecule has 0 saturated carbocycles. The summed E-state index contributed by atoms with van der Waals surface area (Å²) in [5, 5.41) is 24.6. The highest BCUT2D eigenvalue weighted by molar-refractivity contribution is 5.38. The van der Waals surface area contributed by atoms with Gasteiger partial charge in [-0.25, -0.2) is 5.10 Å². The highest BCUT2D eigenvalue weighted by Gasteiger charge is 2.12. The van der Waals surface area contributed by atoms with Gasteiger partial charge in [-0.05, 0) is 30.7 Å². The molecule has 92 valence electrons. The fourth-order valence-corrected chi connectivity index (χ4v) is 1.68. The summed E-state index contributed by atoms with van der Waals surface area (Å²) in [6.07, 6.45) is 0.720. The number of aromatic nitrogens is 2. The number of aliphatic hydroxyl groups excluding tert-OH is 1. The summed E-state index contributed by atoms with van der Waals surface area (Å²) in [6, 6.07) is 8.85. The topological polar surface area (TPSA) is 81.9 Å². The van der Waals surface area contributed by atoms with E-state index in [4.69, 9.17) is 15.1 Å². The van der Waals surface area contributed by atoms with Crippen LogP contribution >= 0.6 is 0 Å². The molecular weight excluding hydrogens is 230 g/mol. The molecule has 0 aliphatic heterocycles. The fraction of sp³-hybridized carbons (Fsp3) is 0.231. The van der Waals surface area contributed by atoms with Crippen LogP contribution in [0.1, 0.15) is 23.7 Å². The second-order valence-electron chi connectivity index (χ2n) is 3.73. The zero-order chi connectivity index (χ0) is 13.0. The average molecular weight is 243 g/mol. The molecule has 5 heteroatoms. The van der Waals surface area contributed by atoms with Gasteiger partial charge in [0.25, 0.3) is 0 Å². The Morgan fingerprint density at radius 2 is 2.11 bits per heavy atom. The van der Waals surface area contributed by atoms with E-state index in [9.17, 15) is 0 Å². The van der Waals surface area contributed by atoms with E-state index in [1.165, 1.54) is 0 Å². The average Bonchev–Trinajstić information content (AvgIpc) is 2.81. The van der Waals surface area contributed by atoms with Crippen LogP contribution in [0.4, 0.5) is 0 Å². The highest BCUT2D eigenvalue weighted by atomic mass is 16.5. The first kappa shape index (κ1) is 12.1. The van der Waals surface area contributed by atoms with E-state index in [1.54, 1.807) is 24.3 Å². The highest BCUT2D eigenvalue weighted by Crippen LogP contribution is 2.25. The van der Waals surface area contributed by atoms with Crippen LogP contribution in [0.25, 0.3) is 0 Å². The van der Waals surface area contributed by atoms with Gasteiger partial charge >= 0.3 is 0 Å². The number of nitrogens with zero attached hydrogens (tertiary/aromatic N) is 2. The number of aliphatic hydroxyl groups is 1. The molecule has 0 saturated heterocycles. The lowest BCUT2D eigenvalue weighted by Gasteiger charge is -2.05. The van der Waals surface area contributed by atoms with Crippen molar-refractivity contribution in [1.29, 1.82) is 5.26 Å². The standard InChI is InChI=1S/C13H13N3O2/c1-2-11-12(8-17)15-16-13(11)18-10-5-3-9(7-14)4-6-10/h3-6,17H,2,8H2,1H3,(H,15,16). The number of nitrogens with one attached hydrogen (secondary N) is 1. The summed E-state index contributed by atoms with van der Waals surface area (Å²) in [6.45, 7) is 1.85. The zero-order valence-corrected chi connectivity index (χ0v) is 9.97. The normalized spacial score (nSPS) is 10.1. The number of H-pyrrole nitrogens is 1. The molecule has 1 aromatic heterocycles. The Hall–Kier alpha value is -2.32. The smallest absolute Gasteiger partial charge is 0.218 e. The van der Waals surface area contributed by atoms with Crippen LogP contribution < -0.4 is 4.74 Å². The molecule has 0 atom stereocenters. The van der Waals surface area contributed by atoms with Gasteiger partial charge in [0.15, 0.2) is 0 Å². The maximum atomic E-state index is 9.12. The molecule has 0 radical (unpaired) electrons. The largest absolute Gasteiger partial charge is 0.439 e. The van der Waals surface area contributed by atoms with Gasteiger partial charge in [-0.15, -0.1) is 0 Å². The number of rotatable bonds is 4. The van der Waals surface area contributed by atoms with E-state index < -0.39 is 0 Å². The maximum absolute atomic E-state index is 9.12. The molecule has 0 unspecified atom stereocenters. The van der Waals surface area contributed by atoms with E-state index in [1.807, 2.05) is 13.0 Å². The number of nitriles is 1. The van der Waals surface area contributed by atoms with Gasteiger partial charge in [0.05, 0.1) is 23.9 Å². The first-order chi connectivity index (χ1) is 8.78. The molecule has 1 aromatic carbocycles. The minimum Gasteiger partial charge on any atom is -0.439 e. The van der Waals surface area contributed by atoms with Crippen LogP contribution in [0, 0.1) is 11.3 Å². The van der Waals surface area contributed by atoms with Crippen molar-refractivity contribution in [3.63, 3.8) is 0 Å². The SMILES string of the molecule is CCc1c(CO)n[nH]c1Oc1ccc(C#N)cc1. The molecule has 1 heterocycles. The van der Waals surface area contributed by atoms with Gasteiger partial charge in [0.1, 0.15) is 5.75 Å². The number of ether oxygens (including phenoxy) is 1. The van der Waals surface area contributed by atoms with Crippen LogP contribution in [0.3, 0.4) is 0 Å². The van der Waals surface area contributed by atoms with E-state index >= 15 is 0 Å². The molecule has 0 fully saturated rings. The summed E-state index contributed by atoms with van der Waals surface area (Å²) in [4.78, 5) is 0. The van der Waals surface area contributed by atoms with Crippen molar-refractivity contribution in [3.8, 4) is 17.7 Å². The Bertz CT molecular complexity index is 567. The van der Waals surface area contributed by atoms with Crippen molar-refractivity contribution in [2.24, 2.45) is 0 Å². The number of hydrogen-bond donors (Lipinski definition) is 2. The van der Waals surface area contributed by atoms with Crippen molar-refractivity contribution in [3.05, 3.63) is 41.1 Å². The second kappa shape index (κ2) is 5.34. The van der Waals surface area contributed by atoms with Crippen LogP contribution in [0.5, 0.6) is 11.6 Å². The molecule has 0 aliphatic carbocycles.